The molecule has 0 radical (unpaired) electrons. The van der Waals surface area contributed by atoms with E-state index in [1.165, 1.54) is 0 Å². The summed E-state index contributed by atoms with van der Waals surface area (Å²) >= 11 is 0. The van der Waals surface area contributed by atoms with Crippen LogP contribution in [0.3, 0.4) is 0 Å². The zero-order chi connectivity index (χ0) is 4.28. The highest BCUT2D eigenvalue weighted by Crippen LogP contribution is 1.79. The Labute approximate surface area is 45.1 Å². The molecule has 1 nitrogen and oxygen atoms in total. The van der Waals surface area contributed by atoms with E-state index in [-0.39, 0.29) is 17.4 Å². The van der Waals surface area contributed by atoms with Crippen molar-refractivity contribution < 1.29 is 13.9 Å². The van der Waals surface area contributed by atoms with Gasteiger partial charge in [0, 0.05) is 0 Å². The molecule has 0 heterocycles. The van der Waals surface area contributed by atoms with Crippen LogP contribution in [0.5, 0.6) is 0 Å². The molecule has 0 bridgehead atoms. The Morgan fingerprint density at radius 2 is 1.83 bits per heavy atom. The van der Waals surface area contributed by atoms with Gasteiger partial charge in [-0.3, -0.25) is 0 Å². The van der Waals surface area contributed by atoms with Crippen molar-refractivity contribution in [3.8, 4) is 0 Å². The fraction of sp³-hybridized carbons (Fsp3) is 1.00. The minimum absolute atomic E-state index is 0. The Morgan fingerprint density at radius 1 is 1.67 bits per heavy atom. The molecule has 1 unspecified atom stereocenters. The van der Waals surface area contributed by atoms with E-state index < -0.39 is 13.0 Å². The van der Waals surface area contributed by atoms with Gasteiger partial charge in [-0.15, -0.1) is 0 Å². The normalized spacial score (nSPS) is 12.5. The maximum absolute atomic E-state index is 10.6. The van der Waals surface area contributed by atoms with E-state index in [2.05, 4.69) is 0 Å². The van der Waals surface area contributed by atoms with Crippen molar-refractivity contribution in [2.75, 3.05) is 6.67 Å². The van der Waals surface area contributed by atoms with Gasteiger partial charge in [-0.25, -0.2) is 8.78 Å². The van der Waals surface area contributed by atoms with Crippen molar-refractivity contribution in [1.29, 1.82) is 0 Å². The summed E-state index contributed by atoms with van der Waals surface area (Å²) in [6, 6.07) is 0. The summed E-state index contributed by atoms with van der Waals surface area (Å²) in [5.41, 5.74) is 0. The first-order valence-corrected chi connectivity index (χ1v) is 1.15. The van der Waals surface area contributed by atoms with E-state index in [0.29, 0.717) is 0 Å². The summed E-state index contributed by atoms with van der Waals surface area (Å²) in [5, 5.41) is 7.32. The van der Waals surface area contributed by atoms with E-state index in [4.69, 9.17) is 5.11 Å². The summed E-state index contributed by atoms with van der Waals surface area (Å²) in [6.07, 6.45) is -2.28. The van der Waals surface area contributed by atoms with Crippen LogP contribution in [0.4, 0.5) is 8.78 Å². The Hall–Kier alpha value is 0.352. The van der Waals surface area contributed by atoms with E-state index in [1.807, 2.05) is 0 Å². The van der Waals surface area contributed by atoms with Crippen LogP contribution in [0.2, 0.25) is 0 Å². The second-order valence-corrected chi connectivity index (χ2v) is 0.589. The molecule has 0 saturated heterocycles. The predicted octanol–water partition coefficient (Wildman–Crippen LogP) is -0.940. The van der Waals surface area contributed by atoms with Crippen LogP contribution < -0.4 is 0 Å². The molecule has 0 aromatic heterocycles. The second-order valence-electron chi connectivity index (χ2n) is 0.589. The number of halogens is 2. The van der Waals surface area contributed by atoms with Gasteiger partial charge in [0.25, 0.3) is 0 Å². The van der Waals surface area contributed by atoms with Crippen LogP contribution >= 0.6 is 0 Å². The lowest BCUT2D eigenvalue weighted by molar-refractivity contribution is 0.0200. The average molecular weight is 112 g/mol. The molecular weight excluding hydrogens is 105 g/mol. The molecule has 38 valence electrons. The van der Waals surface area contributed by atoms with Crippen molar-refractivity contribution in [3.63, 3.8) is 0 Å². The number of rotatable bonds is 1. The first kappa shape index (κ1) is 9.61. The highest BCUT2D eigenvalue weighted by molar-refractivity contribution is 5.75. The summed E-state index contributed by atoms with van der Waals surface area (Å²) in [6.45, 7) is -1.31. The topological polar surface area (TPSA) is 20.2 Å². The van der Waals surface area contributed by atoms with Crippen LogP contribution in [-0.2, 0) is 0 Å². The molecule has 0 rings (SSSR count). The lowest BCUT2D eigenvalue weighted by Gasteiger charge is -1.82. The van der Waals surface area contributed by atoms with Gasteiger partial charge in [-0.1, -0.05) is 0 Å². The second kappa shape index (κ2) is 5.35. The lowest BCUT2D eigenvalue weighted by atomic mass is 10.8. The third-order valence-electron chi connectivity index (χ3n) is 0.127. The largest absolute Gasteiger partial charge is 0.362 e. The van der Waals surface area contributed by atoms with Gasteiger partial charge >= 0.3 is 0 Å². The smallest absolute Gasteiger partial charge is 0.225 e. The van der Waals surface area contributed by atoms with Gasteiger partial charge in [0.15, 0.2) is 17.4 Å². The summed E-state index contributed by atoms with van der Waals surface area (Å²) < 4.78 is 21.1. The first-order chi connectivity index (χ1) is 2.27. The van der Waals surface area contributed by atoms with Crippen molar-refractivity contribution in [1.82, 2.24) is 0 Å². The van der Waals surface area contributed by atoms with Crippen LogP contribution in [-0.4, -0.2) is 35.5 Å². The Balaban J connectivity index is 0. The highest BCUT2D eigenvalue weighted by Gasteiger charge is 1.91. The molecule has 1 atom stereocenters. The fourth-order valence-corrected chi connectivity index (χ4v) is 0. The van der Waals surface area contributed by atoms with Gasteiger partial charge in [0.2, 0.25) is 6.36 Å². The molecular formula is C2H7AlF2O. The van der Waals surface area contributed by atoms with Crippen LogP contribution in [0.15, 0.2) is 0 Å². The van der Waals surface area contributed by atoms with E-state index >= 15 is 0 Å². The van der Waals surface area contributed by atoms with Gasteiger partial charge in [0.1, 0.15) is 6.67 Å². The van der Waals surface area contributed by atoms with Crippen molar-refractivity contribution in [2.24, 2.45) is 0 Å². The quantitative estimate of drug-likeness (QED) is 0.434. The molecule has 6 heavy (non-hydrogen) atoms. The molecule has 0 aromatic carbocycles. The molecule has 0 aliphatic rings. The SMILES string of the molecule is OC(F)CF.[AlH3]. The summed E-state index contributed by atoms with van der Waals surface area (Å²) in [7, 11) is 0. The van der Waals surface area contributed by atoms with Crippen molar-refractivity contribution in [3.05, 3.63) is 0 Å². The number of hydrogen-bond acceptors (Lipinski definition) is 1. The third-order valence-corrected chi connectivity index (χ3v) is 0.127. The third kappa shape index (κ3) is 8.84. The zero-order valence-corrected chi connectivity index (χ0v) is 2.49. The standard InChI is InChI=1S/C2H4F2O.Al.3H/c3-1-2(4)5;;;;/h2,5H,1H2;;;;. The maximum Gasteiger partial charge on any atom is 0.225 e. The Kier molecular flexibility index (Phi) is 8.57. The minimum Gasteiger partial charge on any atom is -0.362 e. The van der Waals surface area contributed by atoms with Gasteiger partial charge in [-0.2, -0.15) is 0 Å². The molecule has 0 aliphatic carbocycles. The monoisotopic (exact) mass is 112 g/mol. The highest BCUT2D eigenvalue weighted by atomic mass is 27.0. The van der Waals surface area contributed by atoms with Crippen LogP contribution in [0.1, 0.15) is 0 Å². The van der Waals surface area contributed by atoms with Crippen LogP contribution in [0, 0.1) is 0 Å². The molecule has 1 N–H and O–H groups in total. The first-order valence-electron chi connectivity index (χ1n) is 1.15. The molecule has 0 saturated carbocycles. The van der Waals surface area contributed by atoms with Crippen LogP contribution in [0.25, 0.3) is 0 Å². The predicted molar refractivity (Wildman–Crippen MR) is 23.0 cm³/mol. The molecule has 0 aromatic rings. The maximum atomic E-state index is 10.6. The summed E-state index contributed by atoms with van der Waals surface area (Å²) in [5.74, 6) is 0. The number of aliphatic hydroxyl groups is 1. The number of alkyl halides is 2. The van der Waals surface area contributed by atoms with Crippen molar-refractivity contribution >= 4 is 17.4 Å². The molecule has 0 spiro atoms. The zero-order valence-electron chi connectivity index (χ0n) is 2.49. The lowest BCUT2D eigenvalue weighted by Crippen LogP contribution is -1.96. The molecule has 0 fully saturated rings. The van der Waals surface area contributed by atoms with Gasteiger partial charge in [-0.05, 0) is 0 Å². The Morgan fingerprint density at radius 3 is 1.83 bits per heavy atom. The van der Waals surface area contributed by atoms with E-state index in [1.54, 1.807) is 0 Å². The fourth-order valence-electron chi connectivity index (χ4n) is 0. The summed E-state index contributed by atoms with van der Waals surface area (Å²) in [4.78, 5) is 0. The molecule has 4 heteroatoms. The number of hydrogen-bond donors (Lipinski definition) is 1. The van der Waals surface area contributed by atoms with Crippen molar-refractivity contribution in [2.45, 2.75) is 6.36 Å². The average Bonchev–Trinajstić information content (AvgIpc) is 1.38. The van der Waals surface area contributed by atoms with Gasteiger partial charge in [0.05, 0.1) is 0 Å². The molecule has 0 amide bonds. The Bertz CT molecular complexity index is 25.5. The van der Waals surface area contributed by atoms with E-state index in [0.717, 1.165) is 0 Å². The van der Waals surface area contributed by atoms with E-state index in [9.17, 15) is 8.78 Å². The minimum atomic E-state index is -2.28. The molecule has 0 aliphatic heterocycles. The number of aliphatic hydroxyl groups excluding tert-OH is 1. The van der Waals surface area contributed by atoms with Gasteiger partial charge < -0.3 is 5.11 Å².